The number of ether oxygens (including phenoxy) is 3. The van der Waals surface area contributed by atoms with E-state index >= 15 is 0 Å². The normalized spacial score (nSPS) is 12.4. The van der Waals surface area contributed by atoms with E-state index in [0.717, 1.165) is 11.1 Å². The molecular formula is C24H32O7S. The van der Waals surface area contributed by atoms with Crippen molar-refractivity contribution in [1.82, 2.24) is 0 Å². The van der Waals surface area contributed by atoms with Crippen LogP contribution in [0.3, 0.4) is 0 Å². The van der Waals surface area contributed by atoms with Crippen molar-refractivity contribution in [2.45, 2.75) is 51.9 Å². The molecule has 0 aliphatic carbocycles. The lowest BCUT2D eigenvalue weighted by atomic mass is 10.1. The van der Waals surface area contributed by atoms with E-state index in [4.69, 9.17) is 18.4 Å². The van der Waals surface area contributed by atoms with Crippen LogP contribution in [0.2, 0.25) is 0 Å². The van der Waals surface area contributed by atoms with Crippen LogP contribution in [0.15, 0.2) is 48.5 Å². The van der Waals surface area contributed by atoms with Crippen molar-refractivity contribution in [3.8, 4) is 11.5 Å². The summed E-state index contributed by atoms with van der Waals surface area (Å²) in [4.78, 5) is 12.0. The van der Waals surface area contributed by atoms with Crippen LogP contribution in [0, 0.1) is 0 Å². The SMILES string of the molecule is CCOC(=O)C(Cc1ccc(OCCc2cccc(OS(=O)(=O)C(C)C)c2)cc1)OCC. The van der Waals surface area contributed by atoms with Gasteiger partial charge in [-0.15, -0.1) is 0 Å². The standard InChI is InChI=1S/C24H32O7S/c1-5-28-23(24(25)29-6-2)17-20-10-12-21(13-11-20)30-15-14-19-8-7-9-22(16-19)31-32(26,27)18(3)4/h7-13,16,18,23H,5-6,14-15,17H2,1-4H3. The summed E-state index contributed by atoms with van der Waals surface area (Å²) in [5, 5.41) is -0.612. The maximum absolute atomic E-state index is 12.0. The smallest absolute Gasteiger partial charge is 0.335 e. The average Bonchev–Trinajstić information content (AvgIpc) is 2.74. The Labute approximate surface area is 190 Å². The fourth-order valence-corrected chi connectivity index (χ4v) is 3.42. The molecule has 0 bridgehead atoms. The first kappa shape index (κ1) is 25.7. The number of benzene rings is 2. The van der Waals surface area contributed by atoms with E-state index in [0.29, 0.717) is 44.2 Å². The largest absolute Gasteiger partial charge is 0.493 e. The van der Waals surface area contributed by atoms with Crippen LogP contribution >= 0.6 is 0 Å². The third-order valence-electron chi connectivity index (χ3n) is 4.61. The van der Waals surface area contributed by atoms with E-state index in [-0.39, 0.29) is 5.97 Å². The van der Waals surface area contributed by atoms with Gasteiger partial charge >= 0.3 is 16.1 Å². The minimum absolute atomic E-state index is 0.297. The minimum Gasteiger partial charge on any atom is -0.493 e. The molecule has 7 nitrogen and oxygen atoms in total. The Morgan fingerprint density at radius 2 is 1.66 bits per heavy atom. The second kappa shape index (κ2) is 12.5. The molecule has 32 heavy (non-hydrogen) atoms. The molecule has 176 valence electrons. The third kappa shape index (κ3) is 8.16. The second-order valence-corrected chi connectivity index (χ2v) is 9.51. The lowest BCUT2D eigenvalue weighted by Crippen LogP contribution is -2.28. The van der Waals surface area contributed by atoms with Crippen LogP contribution < -0.4 is 8.92 Å². The van der Waals surface area contributed by atoms with Gasteiger partial charge in [-0.3, -0.25) is 0 Å². The zero-order valence-corrected chi connectivity index (χ0v) is 19.9. The Morgan fingerprint density at radius 3 is 2.28 bits per heavy atom. The lowest BCUT2D eigenvalue weighted by molar-refractivity contribution is -0.156. The summed E-state index contributed by atoms with van der Waals surface area (Å²) in [5.74, 6) is 0.640. The van der Waals surface area contributed by atoms with Crippen LogP contribution in [0.5, 0.6) is 11.5 Å². The van der Waals surface area contributed by atoms with Gasteiger partial charge in [0.15, 0.2) is 6.10 Å². The first-order valence-corrected chi connectivity index (χ1v) is 12.2. The van der Waals surface area contributed by atoms with Crippen LogP contribution in [-0.4, -0.2) is 45.6 Å². The van der Waals surface area contributed by atoms with Crippen LogP contribution in [0.1, 0.15) is 38.8 Å². The molecule has 2 aromatic rings. The van der Waals surface area contributed by atoms with E-state index in [2.05, 4.69) is 0 Å². The molecule has 1 unspecified atom stereocenters. The number of carbonyl (C=O) groups is 1. The zero-order valence-electron chi connectivity index (χ0n) is 19.1. The maximum atomic E-state index is 12.0. The van der Waals surface area contributed by atoms with Crippen LogP contribution in [0.25, 0.3) is 0 Å². The molecule has 0 aliphatic rings. The predicted octanol–water partition coefficient (Wildman–Crippen LogP) is 3.94. The van der Waals surface area contributed by atoms with Crippen molar-refractivity contribution in [2.75, 3.05) is 19.8 Å². The molecule has 0 N–H and O–H groups in total. The molecule has 1 atom stereocenters. The van der Waals surface area contributed by atoms with Crippen molar-refractivity contribution >= 4 is 16.1 Å². The molecule has 0 amide bonds. The number of carbonyl (C=O) groups excluding carboxylic acids is 1. The fourth-order valence-electron chi connectivity index (χ4n) is 2.85. The van der Waals surface area contributed by atoms with E-state index in [1.54, 1.807) is 39.0 Å². The molecular weight excluding hydrogens is 432 g/mol. The zero-order chi connectivity index (χ0) is 23.6. The van der Waals surface area contributed by atoms with Crippen LogP contribution in [-0.2, 0) is 37.2 Å². The topological polar surface area (TPSA) is 88.1 Å². The molecule has 2 rings (SSSR count). The number of hydrogen-bond donors (Lipinski definition) is 0. The summed E-state index contributed by atoms with van der Waals surface area (Å²) in [6.45, 7) is 7.93. The summed E-state index contributed by atoms with van der Waals surface area (Å²) >= 11 is 0. The molecule has 8 heteroatoms. The molecule has 0 heterocycles. The minimum atomic E-state index is -3.63. The van der Waals surface area contributed by atoms with E-state index < -0.39 is 21.5 Å². The van der Waals surface area contributed by atoms with Gasteiger partial charge in [0.25, 0.3) is 0 Å². The summed E-state index contributed by atoms with van der Waals surface area (Å²) in [6.07, 6.45) is 0.398. The van der Waals surface area contributed by atoms with E-state index in [1.807, 2.05) is 37.3 Å². The van der Waals surface area contributed by atoms with Gasteiger partial charge in [-0.1, -0.05) is 24.3 Å². The van der Waals surface area contributed by atoms with E-state index in [9.17, 15) is 13.2 Å². The fraction of sp³-hybridized carbons (Fsp3) is 0.458. The molecule has 2 aromatic carbocycles. The van der Waals surface area contributed by atoms with Gasteiger partial charge in [0.1, 0.15) is 11.5 Å². The van der Waals surface area contributed by atoms with Gasteiger partial charge in [-0.25, -0.2) is 4.79 Å². The van der Waals surface area contributed by atoms with Gasteiger partial charge < -0.3 is 18.4 Å². The summed E-state index contributed by atoms with van der Waals surface area (Å²) in [7, 11) is -3.63. The van der Waals surface area contributed by atoms with Crippen molar-refractivity contribution in [3.63, 3.8) is 0 Å². The molecule has 0 fully saturated rings. The highest BCUT2D eigenvalue weighted by Crippen LogP contribution is 2.19. The monoisotopic (exact) mass is 464 g/mol. The number of rotatable bonds is 13. The van der Waals surface area contributed by atoms with Gasteiger partial charge in [-0.2, -0.15) is 8.42 Å². The Kier molecular flexibility index (Phi) is 9.99. The summed E-state index contributed by atoms with van der Waals surface area (Å²) < 4.78 is 45.4. The van der Waals surface area contributed by atoms with Crippen LogP contribution in [0.4, 0.5) is 0 Å². The predicted molar refractivity (Wildman–Crippen MR) is 123 cm³/mol. The highest BCUT2D eigenvalue weighted by Gasteiger charge is 2.20. The van der Waals surface area contributed by atoms with Crippen molar-refractivity contribution in [1.29, 1.82) is 0 Å². The van der Waals surface area contributed by atoms with E-state index in [1.165, 1.54) is 0 Å². The lowest BCUT2D eigenvalue weighted by Gasteiger charge is -2.16. The van der Waals surface area contributed by atoms with Gasteiger partial charge in [0, 0.05) is 19.4 Å². The first-order valence-electron chi connectivity index (χ1n) is 10.8. The molecule has 0 spiro atoms. The molecule has 0 saturated carbocycles. The molecule has 0 aromatic heterocycles. The van der Waals surface area contributed by atoms with Crippen molar-refractivity contribution in [2.24, 2.45) is 0 Å². The molecule has 0 aliphatic heterocycles. The highest BCUT2D eigenvalue weighted by atomic mass is 32.2. The van der Waals surface area contributed by atoms with Crippen molar-refractivity contribution in [3.05, 3.63) is 59.7 Å². The third-order valence-corrected chi connectivity index (χ3v) is 6.19. The molecule has 0 saturated heterocycles. The maximum Gasteiger partial charge on any atom is 0.335 e. The highest BCUT2D eigenvalue weighted by molar-refractivity contribution is 7.87. The number of hydrogen-bond acceptors (Lipinski definition) is 7. The first-order chi connectivity index (χ1) is 15.2. The Bertz CT molecular complexity index is 953. The Balaban J connectivity index is 1.89. The summed E-state index contributed by atoms with van der Waals surface area (Å²) in [6, 6.07) is 14.5. The van der Waals surface area contributed by atoms with Gasteiger partial charge in [0.2, 0.25) is 0 Å². The van der Waals surface area contributed by atoms with Crippen molar-refractivity contribution < 1.29 is 31.6 Å². The summed E-state index contributed by atoms with van der Waals surface area (Å²) in [5.41, 5.74) is 1.85. The van der Waals surface area contributed by atoms with Gasteiger partial charge in [-0.05, 0) is 63.1 Å². The quantitative estimate of drug-likeness (QED) is 0.328. The Hall–Kier alpha value is -2.58. The second-order valence-electron chi connectivity index (χ2n) is 7.41. The van der Waals surface area contributed by atoms with Gasteiger partial charge in [0.05, 0.1) is 18.5 Å². The number of esters is 1. The average molecular weight is 465 g/mol. The molecule has 0 radical (unpaired) electrons. The Morgan fingerprint density at radius 1 is 0.938 bits per heavy atom.